The van der Waals surface area contributed by atoms with Gasteiger partial charge in [0.05, 0.1) is 4.90 Å². The van der Waals surface area contributed by atoms with E-state index < -0.39 is 33.5 Å². The smallest absolute Gasteiger partial charge is 0.302 e. The number of hydrogen-bond acceptors (Lipinski definition) is 6. The molecule has 3 rings (SSSR count). The SMILES string of the molecule is Nc1ccc(S(=O)(=O)NC(=O)C(=O)[C@H]2C(=O)Nc3ccc(Br)cc32)cc1. The van der Waals surface area contributed by atoms with E-state index in [1.54, 1.807) is 16.9 Å². The summed E-state index contributed by atoms with van der Waals surface area (Å²) in [6.07, 6.45) is 0. The third kappa shape index (κ3) is 3.33. The first-order chi connectivity index (χ1) is 12.2. The molecular weight excluding hydrogens is 426 g/mol. The molecular formula is C16H12BrN3O5S. The van der Waals surface area contributed by atoms with Crippen LogP contribution in [-0.4, -0.2) is 26.0 Å². The number of nitrogens with two attached hydrogens (primary N) is 1. The highest BCUT2D eigenvalue weighted by Crippen LogP contribution is 2.35. The predicted octanol–water partition coefficient (Wildman–Crippen LogP) is 1.14. The highest BCUT2D eigenvalue weighted by atomic mass is 79.9. The van der Waals surface area contributed by atoms with Crippen molar-refractivity contribution in [2.75, 3.05) is 11.1 Å². The molecule has 0 saturated carbocycles. The van der Waals surface area contributed by atoms with E-state index >= 15 is 0 Å². The molecule has 2 amide bonds. The zero-order chi connectivity index (χ0) is 19.1. The average Bonchev–Trinajstić information content (AvgIpc) is 2.89. The van der Waals surface area contributed by atoms with Crippen molar-refractivity contribution in [3.63, 3.8) is 0 Å². The van der Waals surface area contributed by atoms with Crippen LogP contribution in [0.5, 0.6) is 0 Å². The van der Waals surface area contributed by atoms with E-state index in [0.29, 0.717) is 21.4 Å². The van der Waals surface area contributed by atoms with Crippen LogP contribution in [0.3, 0.4) is 0 Å². The standard InChI is InChI=1S/C16H12BrN3O5S/c17-8-1-6-12-11(7-8)13(15(22)19-12)14(21)16(23)20-26(24,25)10-4-2-9(18)3-5-10/h1-7,13H,18H2,(H,19,22)(H,20,23)/t13-/m0/s1. The van der Waals surface area contributed by atoms with Crippen molar-refractivity contribution in [1.82, 2.24) is 4.72 Å². The highest BCUT2D eigenvalue weighted by molar-refractivity contribution is 9.10. The number of ketones is 1. The quantitative estimate of drug-likeness (QED) is 0.372. The summed E-state index contributed by atoms with van der Waals surface area (Å²) in [7, 11) is -4.27. The second-order valence-corrected chi connectivity index (χ2v) is 8.12. The van der Waals surface area contributed by atoms with Gasteiger partial charge in [0.15, 0.2) is 0 Å². The molecule has 10 heteroatoms. The maximum Gasteiger partial charge on any atom is 0.302 e. The summed E-state index contributed by atoms with van der Waals surface area (Å²) in [6.45, 7) is 0. The van der Waals surface area contributed by atoms with Gasteiger partial charge in [-0.1, -0.05) is 15.9 Å². The molecule has 0 bridgehead atoms. The van der Waals surface area contributed by atoms with Crippen LogP contribution in [-0.2, 0) is 24.4 Å². The summed E-state index contributed by atoms with van der Waals surface area (Å²) >= 11 is 3.23. The first kappa shape index (κ1) is 18.1. The minimum Gasteiger partial charge on any atom is -0.399 e. The fraction of sp³-hybridized carbons (Fsp3) is 0.0625. The molecule has 1 aliphatic rings. The summed E-state index contributed by atoms with van der Waals surface area (Å²) in [6, 6.07) is 9.86. The minimum absolute atomic E-state index is 0.230. The molecule has 134 valence electrons. The van der Waals surface area contributed by atoms with Gasteiger partial charge in [0, 0.05) is 15.8 Å². The molecule has 0 saturated heterocycles. The van der Waals surface area contributed by atoms with Crippen LogP contribution >= 0.6 is 15.9 Å². The molecule has 8 nitrogen and oxygen atoms in total. The second kappa shape index (κ2) is 6.54. The van der Waals surface area contributed by atoms with Gasteiger partial charge in [-0.3, -0.25) is 14.4 Å². The van der Waals surface area contributed by atoms with E-state index in [4.69, 9.17) is 5.73 Å². The molecule has 26 heavy (non-hydrogen) atoms. The number of amides is 2. The van der Waals surface area contributed by atoms with E-state index in [1.165, 1.54) is 30.3 Å². The summed E-state index contributed by atoms with van der Waals surface area (Å²) in [5.41, 5.74) is 6.53. The number of carbonyl (C=O) groups is 3. The fourth-order valence-electron chi connectivity index (χ4n) is 2.50. The van der Waals surface area contributed by atoms with Crippen molar-refractivity contribution in [2.45, 2.75) is 10.8 Å². The van der Waals surface area contributed by atoms with Gasteiger partial charge in [0.25, 0.3) is 10.0 Å². The van der Waals surface area contributed by atoms with Gasteiger partial charge in [-0.25, -0.2) is 13.1 Å². The molecule has 2 aromatic rings. The maximum atomic E-state index is 12.4. The van der Waals surface area contributed by atoms with Crippen molar-refractivity contribution < 1.29 is 22.8 Å². The molecule has 1 atom stereocenters. The minimum atomic E-state index is -4.27. The number of halogens is 1. The molecule has 0 aliphatic carbocycles. The van der Waals surface area contributed by atoms with Crippen LogP contribution in [0.4, 0.5) is 11.4 Å². The van der Waals surface area contributed by atoms with Gasteiger partial charge in [0.2, 0.25) is 11.7 Å². The molecule has 4 N–H and O–H groups in total. The Balaban J connectivity index is 1.85. The maximum absolute atomic E-state index is 12.4. The van der Waals surface area contributed by atoms with E-state index in [-0.39, 0.29) is 4.90 Å². The normalized spacial score (nSPS) is 15.9. The number of rotatable bonds is 4. The summed E-state index contributed by atoms with van der Waals surface area (Å²) in [4.78, 5) is 36.4. The number of anilines is 2. The summed E-state index contributed by atoms with van der Waals surface area (Å²) < 4.78 is 26.7. The summed E-state index contributed by atoms with van der Waals surface area (Å²) in [5.74, 6) is -4.67. The third-order valence-corrected chi connectivity index (χ3v) is 5.59. The van der Waals surface area contributed by atoms with E-state index in [0.717, 1.165) is 0 Å². The summed E-state index contributed by atoms with van der Waals surface area (Å²) in [5, 5.41) is 2.49. The van der Waals surface area contributed by atoms with Gasteiger partial charge < -0.3 is 11.1 Å². The average molecular weight is 438 g/mol. The zero-order valence-corrected chi connectivity index (χ0v) is 15.4. The molecule has 0 unspecified atom stereocenters. The Morgan fingerprint density at radius 2 is 1.77 bits per heavy atom. The van der Waals surface area contributed by atoms with Crippen molar-refractivity contribution >= 4 is 54.9 Å². The van der Waals surface area contributed by atoms with Gasteiger partial charge in [0.1, 0.15) is 5.92 Å². The van der Waals surface area contributed by atoms with Gasteiger partial charge in [-0.05, 0) is 48.0 Å². The molecule has 0 spiro atoms. The lowest BCUT2D eigenvalue weighted by atomic mass is 9.96. The first-order valence-electron chi connectivity index (χ1n) is 7.26. The number of sulfonamides is 1. The van der Waals surface area contributed by atoms with Crippen molar-refractivity contribution in [3.05, 3.63) is 52.5 Å². The lowest BCUT2D eigenvalue weighted by Gasteiger charge is -2.10. The van der Waals surface area contributed by atoms with Crippen molar-refractivity contribution in [2.24, 2.45) is 0 Å². The number of benzene rings is 2. The number of Topliss-reactive ketones (excluding diaryl/α,β-unsaturated/α-hetero) is 1. The van der Waals surface area contributed by atoms with Crippen molar-refractivity contribution in [1.29, 1.82) is 0 Å². The lowest BCUT2D eigenvalue weighted by Crippen LogP contribution is -2.40. The molecule has 0 radical (unpaired) electrons. The van der Waals surface area contributed by atoms with E-state index in [9.17, 15) is 22.8 Å². The van der Waals surface area contributed by atoms with Crippen LogP contribution in [0.15, 0.2) is 51.8 Å². The van der Waals surface area contributed by atoms with Crippen LogP contribution < -0.4 is 15.8 Å². The molecule has 2 aromatic carbocycles. The van der Waals surface area contributed by atoms with Crippen LogP contribution in [0.2, 0.25) is 0 Å². The molecule has 1 heterocycles. The fourth-order valence-corrected chi connectivity index (χ4v) is 3.84. The second-order valence-electron chi connectivity index (χ2n) is 5.52. The van der Waals surface area contributed by atoms with E-state index in [1.807, 2.05) is 0 Å². The van der Waals surface area contributed by atoms with Crippen LogP contribution in [0.25, 0.3) is 0 Å². The number of hydrogen-bond donors (Lipinski definition) is 3. The highest BCUT2D eigenvalue weighted by Gasteiger charge is 2.40. The Labute approximate surface area is 156 Å². The van der Waals surface area contributed by atoms with Crippen molar-refractivity contribution in [3.8, 4) is 0 Å². The number of nitrogen functional groups attached to an aromatic ring is 1. The molecule has 0 fully saturated rings. The molecule has 0 aromatic heterocycles. The Morgan fingerprint density at radius 3 is 2.42 bits per heavy atom. The first-order valence-corrected chi connectivity index (χ1v) is 9.53. The Bertz CT molecular complexity index is 1030. The van der Waals surface area contributed by atoms with Gasteiger partial charge in [-0.2, -0.15) is 0 Å². The van der Waals surface area contributed by atoms with Crippen LogP contribution in [0, 0.1) is 0 Å². The van der Waals surface area contributed by atoms with E-state index in [2.05, 4.69) is 21.2 Å². The monoisotopic (exact) mass is 437 g/mol. The number of nitrogens with one attached hydrogen (secondary N) is 2. The van der Waals surface area contributed by atoms with Gasteiger partial charge >= 0.3 is 5.91 Å². The largest absolute Gasteiger partial charge is 0.399 e. The Hall–Kier alpha value is -2.72. The Morgan fingerprint density at radius 1 is 1.12 bits per heavy atom. The predicted molar refractivity (Wildman–Crippen MR) is 96.7 cm³/mol. The lowest BCUT2D eigenvalue weighted by molar-refractivity contribution is -0.139. The van der Waals surface area contributed by atoms with Gasteiger partial charge in [-0.15, -0.1) is 0 Å². The topological polar surface area (TPSA) is 135 Å². The Kier molecular flexibility index (Phi) is 4.55. The van der Waals surface area contributed by atoms with Crippen LogP contribution in [0.1, 0.15) is 11.5 Å². The molecule has 1 aliphatic heterocycles. The zero-order valence-electron chi connectivity index (χ0n) is 13.0. The number of carbonyl (C=O) groups excluding carboxylic acids is 3. The number of fused-ring (bicyclic) bond motifs is 1. The third-order valence-electron chi connectivity index (χ3n) is 3.75.